The average Bonchev–Trinajstić information content (AvgIpc) is 2.27. The predicted molar refractivity (Wildman–Crippen MR) is 72.2 cm³/mol. The molecule has 0 unspecified atom stereocenters. The predicted octanol–water partition coefficient (Wildman–Crippen LogP) is 2.38. The van der Waals surface area contributed by atoms with E-state index in [1.165, 1.54) is 32.1 Å². The normalized spacial score (nSPS) is 23.4. The van der Waals surface area contributed by atoms with Crippen molar-refractivity contribution in [1.82, 2.24) is 5.32 Å². The van der Waals surface area contributed by atoms with Gasteiger partial charge in [-0.3, -0.25) is 4.79 Å². The van der Waals surface area contributed by atoms with Crippen LogP contribution in [0.3, 0.4) is 0 Å². The van der Waals surface area contributed by atoms with Crippen LogP contribution in [0.5, 0.6) is 0 Å². The van der Waals surface area contributed by atoms with Crippen molar-refractivity contribution < 1.29 is 4.79 Å². The van der Waals surface area contributed by atoms with Crippen molar-refractivity contribution in [2.75, 3.05) is 6.54 Å². The van der Waals surface area contributed by atoms with Crippen molar-refractivity contribution in [2.45, 2.75) is 63.3 Å². The minimum Gasteiger partial charge on any atom is -0.354 e. The maximum Gasteiger partial charge on any atom is 0.240 e. The molecule has 0 heterocycles. The number of carbonyl (C=O) groups is 1. The molecule has 0 aromatic carbocycles. The monoisotopic (exact) mass is 260 g/mol. The summed E-state index contributed by atoms with van der Waals surface area (Å²) in [6.45, 7) is 0.822. The molecule has 17 heavy (non-hydrogen) atoms. The first kappa shape index (κ1) is 14.8. The topological polar surface area (TPSA) is 55.1 Å². The Hall–Kier alpha value is -0.280. The molecule has 0 spiro atoms. The van der Waals surface area contributed by atoms with Crippen LogP contribution in [0.2, 0.25) is 0 Å². The quantitative estimate of drug-likeness (QED) is 0.816. The Bertz CT molecular complexity index is 248. The number of hydrogen-bond acceptors (Lipinski definition) is 2. The summed E-state index contributed by atoms with van der Waals surface area (Å²) in [4.78, 5) is 11.8. The second kappa shape index (κ2) is 6.60. The summed E-state index contributed by atoms with van der Waals surface area (Å²) in [5.41, 5.74) is 5.43. The van der Waals surface area contributed by atoms with Crippen LogP contribution in [0.15, 0.2) is 0 Å². The van der Waals surface area contributed by atoms with E-state index >= 15 is 0 Å². The third kappa shape index (κ3) is 3.85. The maximum atomic E-state index is 11.8. The first-order valence-electron chi connectivity index (χ1n) is 6.78. The van der Waals surface area contributed by atoms with Gasteiger partial charge in [-0.05, 0) is 31.6 Å². The van der Waals surface area contributed by atoms with Gasteiger partial charge >= 0.3 is 0 Å². The highest BCUT2D eigenvalue weighted by atomic mass is 35.5. The summed E-state index contributed by atoms with van der Waals surface area (Å²) < 4.78 is 0. The van der Waals surface area contributed by atoms with Crippen LogP contribution >= 0.6 is 12.4 Å². The second-order valence-electron chi connectivity index (χ2n) is 5.56. The highest BCUT2D eigenvalue weighted by molar-refractivity contribution is 5.86. The van der Waals surface area contributed by atoms with Crippen LogP contribution in [0.25, 0.3) is 0 Å². The van der Waals surface area contributed by atoms with Crippen molar-refractivity contribution in [3.63, 3.8) is 0 Å². The van der Waals surface area contributed by atoms with Crippen LogP contribution in [0.1, 0.15) is 57.8 Å². The van der Waals surface area contributed by atoms with Gasteiger partial charge < -0.3 is 11.1 Å². The van der Waals surface area contributed by atoms with E-state index < -0.39 is 5.54 Å². The third-order valence-corrected chi connectivity index (χ3v) is 4.26. The Morgan fingerprint density at radius 1 is 1.18 bits per heavy atom. The molecular formula is C13H25ClN2O. The first-order chi connectivity index (χ1) is 7.71. The molecule has 2 aliphatic rings. The van der Waals surface area contributed by atoms with E-state index in [1.54, 1.807) is 0 Å². The zero-order chi connectivity index (χ0) is 11.4. The third-order valence-electron chi connectivity index (χ3n) is 4.26. The Kier molecular flexibility index (Phi) is 5.74. The molecule has 0 bridgehead atoms. The van der Waals surface area contributed by atoms with Crippen molar-refractivity contribution in [2.24, 2.45) is 11.7 Å². The molecular weight excluding hydrogens is 236 g/mol. The molecule has 2 saturated carbocycles. The number of carbonyl (C=O) groups excluding carboxylic acids is 1. The molecule has 0 radical (unpaired) electrons. The molecule has 100 valence electrons. The molecule has 1 amide bonds. The number of amides is 1. The molecule has 0 aromatic rings. The number of hydrogen-bond donors (Lipinski definition) is 2. The Morgan fingerprint density at radius 3 is 2.35 bits per heavy atom. The van der Waals surface area contributed by atoms with Crippen LogP contribution in [-0.4, -0.2) is 18.0 Å². The SMILES string of the molecule is Cl.NC1(C(=O)NCCC2CCCCC2)CCC1. The zero-order valence-corrected chi connectivity index (χ0v) is 11.4. The molecule has 2 rings (SSSR count). The highest BCUT2D eigenvalue weighted by Crippen LogP contribution is 2.29. The number of nitrogens with one attached hydrogen (secondary N) is 1. The van der Waals surface area contributed by atoms with Gasteiger partial charge in [0.25, 0.3) is 0 Å². The van der Waals surface area contributed by atoms with Gasteiger partial charge in [-0.25, -0.2) is 0 Å². The molecule has 0 atom stereocenters. The lowest BCUT2D eigenvalue weighted by molar-refractivity contribution is -0.129. The van der Waals surface area contributed by atoms with E-state index in [0.29, 0.717) is 0 Å². The lowest BCUT2D eigenvalue weighted by Crippen LogP contribution is -2.58. The zero-order valence-electron chi connectivity index (χ0n) is 10.5. The lowest BCUT2D eigenvalue weighted by Gasteiger charge is -2.36. The van der Waals surface area contributed by atoms with E-state index in [-0.39, 0.29) is 18.3 Å². The van der Waals surface area contributed by atoms with Crippen LogP contribution in [0.4, 0.5) is 0 Å². The summed E-state index contributed by atoms with van der Waals surface area (Å²) in [6.07, 6.45) is 10.8. The molecule has 0 aliphatic heterocycles. The van der Waals surface area contributed by atoms with Gasteiger partial charge in [0, 0.05) is 6.54 Å². The molecule has 3 nitrogen and oxygen atoms in total. The van der Waals surface area contributed by atoms with E-state index in [2.05, 4.69) is 5.32 Å². The summed E-state index contributed by atoms with van der Waals surface area (Å²) in [5.74, 6) is 0.915. The van der Waals surface area contributed by atoms with Gasteiger partial charge in [0.15, 0.2) is 0 Å². The van der Waals surface area contributed by atoms with Gasteiger partial charge in [0.2, 0.25) is 5.91 Å². The molecule has 4 heteroatoms. The smallest absolute Gasteiger partial charge is 0.240 e. The van der Waals surface area contributed by atoms with Crippen LogP contribution < -0.4 is 11.1 Å². The Balaban J connectivity index is 0.00000144. The fourth-order valence-electron chi connectivity index (χ4n) is 2.83. The van der Waals surface area contributed by atoms with Crippen molar-refractivity contribution in [3.8, 4) is 0 Å². The van der Waals surface area contributed by atoms with Gasteiger partial charge in [-0.15, -0.1) is 12.4 Å². The van der Waals surface area contributed by atoms with Gasteiger partial charge in [0.05, 0.1) is 5.54 Å². The molecule has 2 fully saturated rings. The highest BCUT2D eigenvalue weighted by Gasteiger charge is 2.39. The largest absolute Gasteiger partial charge is 0.354 e. The summed E-state index contributed by atoms with van der Waals surface area (Å²) in [7, 11) is 0. The Morgan fingerprint density at radius 2 is 1.82 bits per heavy atom. The number of rotatable bonds is 4. The standard InChI is InChI=1S/C13H24N2O.ClH/c14-13(8-4-9-13)12(16)15-10-7-11-5-2-1-3-6-11;/h11H,1-10,14H2,(H,15,16);1H. The Labute approximate surface area is 110 Å². The van der Waals surface area contributed by atoms with Crippen molar-refractivity contribution >= 4 is 18.3 Å². The number of halogens is 1. The van der Waals surface area contributed by atoms with E-state index in [4.69, 9.17) is 5.73 Å². The van der Waals surface area contributed by atoms with E-state index in [9.17, 15) is 4.79 Å². The van der Waals surface area contributed by atoms with E-state index in [0.717, 1.165) is 38.1 Å². The number of nitrogens with two attached hydrogens (primary N) is 1. The summed E-state index contributed by atoms with van der Waals surface area (Å²) in [6, 6.07) is 0. The fraction of sp³-hybridized carbons (Fsp3) is 0.923. The summed E-state index contributed by atoms with van der Waals surface area (Å²) in [5, 5.41) is 3.01. The van der Waals surface area contributed by atoms with Crippen molar-refractivity contribution in [3.05, 3.63) is 0 Å². The van der Waals surface area contributed by atoms with Crippen LogP contribution in [0, 0.1) is 5.92 Å². The molecule has 0 saturated heterocycles. The minimum absolute atomic E-state index is 0. The molecule has 3 N–H and O–H groups in total. The van der Waals surface area contributed by atoms with Gasteiger partial charge in [-0.2, -0.15) is 0 Å². The summed E-state index contributed by atoms with van der Waals surface area (Å²) >= 11 is 0. The van der Waals surface area contributed by atoms with Gasteiger partial charge in [0.1, 0.15) is 0 Å². The maximum absolute atomic E-state index is 11.8. The lowest BCUT2D eigenvalue weighted by atomic mass is 9.77. The van der Waals surface area contributed by atoms with Crippen molar-refractivity contribution in [1.29, 1.82) is 0 Å². The first-order valence-corrected chi connectivity index (χ1v) is 6.78. The average molecular weight is 261 g/mol. The fourth-order valence-corrected chi connectivity index (χ4v) is 2.83. The molecule has 0 aromatic heterocycles. The van der Waals surface area contributed by atoms with Gasteiger partial charge in [-0.1, -0.05) is 32.1 Å². The molecule has 2 aliphatic carbocycles. The second-order valence-corrected chi connectivity index (χ2v) is 5.56. The minimum atomic E-state index is -0.521. The van der Waals surface area contributed by atoms with Crippen LogP contribution in [-0.2, 0) is 4.79 Å². The van der Waals surface area contributed by atoms with E-state index in [1.807, 2.05) is 0 Å².